The molecular formula is C17H34N6. The fraction of sp³-hybridized carbons (Fsp3) is 0.941. The van der Waals surface area contributed by atoms with Crippen molar-refractivity contribution in [1.29, 1.82) is 0 Å². The zero-order valence-corrected chi connectivity index (χ0v) is 15.3. The molecule has 132 valence electrons. The zero-order chi connectivity index (χ0) is 16.4. The Morgan fingerprint density at radius 1 is 1.13 bits per heavy atom. The topological polar surface area (TPSA) is 46.1 Å². The Bertz CT molecular complexity index is 415. The van der Waals surface area contributed by atoms with Crippen molar-refractivity contribution >= 4 is 5.96 Å². The Balaban J connectivity index is 1.47. The molecule has 0 amide bonds. The summed E-state index contributed by atoms with van der Waals surface area (Å²) in [5, 5.41) is 7.22. The number of guanidine groups is 1. The molecule has 23 heavy (non-hydrogen) atoms. The van der Waals surface area contributed by atoms with Gasteiger partial charge in [-0.2, -0.15) is 0 Å². The van der Waals surface area contributed by atoms with Gasteiger partial charge in [0, 0.05) is 77.5 Å². The van der Waals surface area contributed by atoms with Crippen molar-refractivity contribution < 1.29 is 0 Å². The van der Waals surface area contributed by atoms with Gasteiger partial charge < -0.3 is 10.6 Å². The van der Waals surface area contributed by atoms with E-state index in [9.17, 15) is 0 Å². The van der Waals surface area contributed by atoms with Gasteiger partial charge in [-0.05, 0) is 19.8 Å². The highest BCUT2D eigenvalue weighted by molar-refractivity contribution is 5.80. The van der Waals surface area contributed by atoms with Crippen LogP contribution in [0.15, 0.2) is 4.99 Å². The number of aliphatic imine (C=N–C) groups is 1. The third kappa shape index (κ3) is 3.98. The van der Waals surface area contributed by atoms with Crippen LogP contribution in [0, 0.1) is 5.92 Å². The van der Waals surface area contributed by atoms with Crippen molar-refractivity contribution in [3.05, 3.63) is 0 Å². The molecule has 0 spiro atoms. The molecule has 0 aromatic rings. The van der Waals surface area contributed by atoms with Crippen LogP contribution in [-0.4, -0.2) is 98.2 Å². The molecule has 0 aliphatic carbocycles. The van der Waals surface area contributed by atoms with Crippen LogP contribution in [-0.2, 0) is 0 Å². The molecule has 0 aromatic carbocycles. The molecule has 0 radical (unpaired) electrons. The SMILES string of the molecule is CN=C(NCC1CN2CCN1CC2)NC1CN(C(C)C)CC1C. The minimum Gasteiger partial charge on any atom is -0.355 e. The first-order chi connectivity index (χ1) is 11.1. The molecule has 0 saturated carbocycles. The standard InChI is InChI=1S/C17H34N6/c1-13(2)23-10-14(3)16(12-23)20-17(18-4)19-9-15-11-21-5-7-22(15)8-6-21/h13-16H,5-12H2,1-4H3,(H2,18,19,20). The second kappa shape index (κ2) is 7.36. The summed E-state index contributed by atoms with van der Waals surface area (Å²) in [7, 11) is 1.88. The van der Waals surface area contributed by atoms with Gasteiger partial charge in [0.05, 0.1) is 0 Å². The zero-order valence-electron chi connectivity index (χ0n) is 15.3. The molecule has 4 aliphatic rings. The van der Waals surface area contributed by atoms with Gasteiger partial charge in [0.25, 0.3) is 0 Å². The lowest BCUT2D eigenvalue weighted by Gasteiger charge is -2.47. The van der Waals surface area contributed by atoms with E-state index in [0.717, 1.165) is 19.0 Å². The molecule has 4 fully saturated rings. The number of likely N-dealkylation sites (tertiary alicyclic amines) is 1. The normalized spacial score (nSPS) is 38.3. The van der Waals surface area contributed by atoms with Gasteiger partial charge in [0.2, 0.25) is 0 Å². The minimum atomic E-state index is 0.496. The van der Waals surface area contributed by atoms with E-state index >= 15 is 0 Å². The van der Waals surface area contributed by atoms with Crippen molar-refractivity contribution in [2.24, 2.45) is 10.9 Å². The summed E-state index contributed by atoms with van der Waals surface area (Å²) in [5.41, 5.74) is 0. The lowest BCUT2D eigenvalue weighted by atomic mass is 10.1. The molecule has 4 saturated heterocycles. The van der Waals surface area contributed by atoms with Crippen molar-refractivity contribution in [2.75, 3.05) is 59.4 Å². The first kappa shape index (κ1) is 17.0. The summed E-state index contributed by atoms with van der Waals surface area (Å²) in [6, 6.07) is 1.75. The summed E-state index contributed by atoms with van der Waals surface area (Å²) in [5.74, 6) is 1.63. The molecule has 4 rings (SSSR count). The average Bonchev–Trinajstić information content (AvgIpc) is 2.93. The number of nitrogens with one attached hydrogen (secondary N) is 2. The smallest absolute Gasteiger partial charge is 0.191 e. The van der Waals surface area contributed by atoms with Gasteiger partial charge in [0.1, 0.15) is 0 Å². The summed E-state index contributed by atoms with van der Waals surface area (Å²) in [6.07, 6.45) is 0. The molecule has 0 aromatic heterocycles. The molecule has 4 heterocycles. The number of hydrogen-bond acceptors (Lipinski definition) is 4. The van der Waals surface area contributed by atoms with Crippen LogP contribution in [0.3, 0.4) is 0 Å². The number of hydrogen-bond donors (Lipinski definition) is 2. The molecule has 6 heteroatoms. The van der Waals surface area contributed by atoms with Crippen LogP contribution in [0.2, 0.25) is 0 Å². The number of fused-ring (bicyclic) bond motifs is 3. The van der Waals surface area contributed by atoms with E-state index in [1.807, 2.05) is 7.05 Å². The van der Waals surface area contributed by atoms with E-state index in [0.29, 0.717) is 24.0 Å². The van der Waals surface area contributed by atoms with Crippen LogP contribution >= 0.6 is 0 Å². The van der Waals surface area contributed by atoms with Gasteiger partial charge in [0.15, 0.2) is 5.96 Å². The summed E-state index contributed by atoms with van der Waals surface area (Å²) >= 11 is 0. The fourth-order valence-corrected chi connectivity index (χ4v) is 4.12. The molecule has 3 atom stereocenters. The molecule has 4 aliphatic heterocycles. The van der Waals surface area contributed by atoms with Crippen molar-refractivity contribution in [2.45, 2.75) is 38.9 Å². The van der Waals surface area contributed by atoms with Gasteiger partial charge >= 0.3 is 0 Å². The molecular weight excluding hydrogens is 288 g/mol. The number of nitrogens with zero attached hydrogens (tertiary/aromatic N) is 4. The Kier molecular flexibility index (Phi) is 5.44. The summed E-state index contributed by atoms with van der Waals surface area (Å²) < 4.78 is 0. The Morgan fingerprint density at radius 3 is 2.39 bits per heavy atom. The van der Waals surface area contributed by atoms with Gasteiger partial charge in [-0.15, -0.1) is 0 Å². The highest BCUT2D eigenvalue weighted by atomic mass is 15.4. The predicted molar refractivity (Wildman–Crippen MR) is 96.0 cm³/mol. The van der Waals surface area contributed by atoms with Crippen LogP contribution in [0.4, 0.5) is 0 Å². The number of rotatable bonds is 4. The van der Waals surface area contributed by atoms with Crippen molar-refractivity contribution in [3.8, 4) is 0 Å². The van der Waals surface area contributed by atoms with E-state index in [-0.39, 0.29) is 0 Å². The van der Waals surface area contributed by atoms with E-state index in [2.05, 4.69) is 51.1 Å². The lowest BCUT2D eigenvalue weighted by molar-refractivity contribution is 0.0154. The van der Waals surface area contributed by atoms with E-state index in [4.69, 9.17) is 0 Å². The van der Waals surface area contributed by atoms with Gasteiger partial charge in [-0.1, -0.05) is 6.92 Å². The number of piperazine rings is 3. The largest absolute Gasteiger partial charge is 0.355 e. The van der Waals surface area contributed by atoms with Crippen LogP contribution < -0.4 is 10.6 Å². The van der Waals surface area contributed by atoms with E-state index in [1.54, 1.807) is 0 Å². The Labute approximate surface area is 141 Å². The van der Waals surface area contributed by atoms with Crippen LogP contribution in [0.5, 0.6) is 0 Å². The maximum absolute atomic E-state index is 4.45. The first-order valence-electron chi connectivity index (χ1n) is 9.24. The summed E-state index contributed by atoms with van der Waals surface area (Å²) in [4.78, 5) is 12.2. The second-order valence-electron chi connectivity index (χ2n) is 7.72. The lowest BCUT2D eigenvalue weighted by Crippen LogP contribution is -2.64. The van der Waals surface area contributed by atoms with E-state index < -0.39 is 0 Å². The highest BCUT2D eigenvalue weighted by Gasteiger charge is 2.33. The minimum absolute atomic E-state index is 0.496. The molecule has 2 N–H and O–H groups in total. The van der Waals surface area contributed by atoms with E-state index in [1.165, 1.54) is 39.3 Å². The summed E-state index contributed by atoms with van der Waals surface area (Å²) in [6.45, 7) is 16.3. The Hall–Kier alpha value is -0.850. The monoisotopic (exact) mass is 322 g/mol. The van der Waals surface area contributed by atoms with Gasteiger partial charge in [-0.25, -0.2) is 0 Å². The third-order valence-electron chi connectivity index (χ3n) is 5.81. The molecule has 6 nitrogen and oxygen atoms in total. The quantitative estimate of drug-likeness (QED) is 0.558. The molecule has 2 bridgehead atoms. The Morgan fingerprint density at radius 2 is 1.87 bits per heavy atom. The van der Waals surface area contributed by atoms with Crippen LogP contribution in [0.25, 0.3) is 0 Å². The van der Waals surface area contributed by atoms with Crippen LogP contribution in [0.1, 0.15) is 20.8 Å². The molecule has 3 unspecified atom stereocenters. The maximum atomic E-state index is 4.45. The predicted octanol–water partition coefficient (Wildman–Crippen LogP) is -0.120. The maximum Gasteiger partial charge on any atom is 0.191 e. The fourth-order valence-electron chi connectivity index (χ4n) is 4.12. The third-order valence-corrected chi connectivity index (χ3v) is 5.81. The highest BCUT2D eigenvalue weighted by Crippen LogP contribution is 2.18. The average molecular weight is 323 g/mol. The van der Waals surface area contributed by atoms with Crippen molar-refractivity contribution in [1.82, 2.24) is 25.3 Å². The second-order valence-corrected chi connectivity index (χ2v) is 7.72. The van der Waals surface area contributed by atoms with Crippen molar-refractivity contribution in [3.63, 3.8) is 0 Å². The van der Waals surface area contributed by atoms with Gasteiger partial charge in [-0.3, -0.25) is 19.7 Å². The first-order valence-corrected chi connectivity index (χ1v) is 9.24.